The second-order valence-corrected chi connectivity index (χ2v) is 7.25. The summed E-state index contributed by atoms with van der Waals surface area (Å²) in [6.45, 7) is 3.25. The minimum Gasteiger partial charge on any atom is -0.497 e. The molecule has 2 bridgehead atoms. The van der Waals surface area contributed by atoms with Crippen molar-refractivity contribution in [1.82, 2.24) is 4.90 Å². The minimum atomic E-state index is -0.444. The van der Waals surface area contributed by atoms with Crippen LogP contribution >= 0.6 is 12.4 Å². The third kappa shape index (κ3) is 2.91. The Labute approximate surface area is 149 Å². The van der Waals surface area contributed by atoms with E-state index in [0.29, 0.717) is 5.92 Å². The molecule has 3 heterocycles. The number of methoxy groups -OCH3 is 1. The highest BCUT2D eigenvalue weighted by atomic mass is 35.5. The van der Waals surface area contributed by atoms with Gasteiger partial charge in [-0.05, 0) is 62.4 Å². The Bertz CT molecular complexity index is 594. The Morgan fingerprint density at radius 3 is 2.54 bits per heavy atom. The first-order valence-corrected chi connectivity index (χ1v) is 8.79. The van der Waals surface area contributed by atoms with Gasteiger partial charge in [0.25, 0.3) is 0 Å². The summed E-state index contributed by atoms with van der Waals surface area (Å²) in [5.74, 6) is 1.35. The van der Waals surface area contributed by atoms with Crippen molar-refractivity contribution in [1.29, 1.82) is 0 Å². The third-order valence-corrected chi connectivity index (χ3v) is 6.07. The highest BCUT2D eigenvalue weighted by molar-refractivity contribution is 5.85. The predicted molar refractivity (Wildman–Crippen MR) is 94.8 cm³/mol. The van der Waals surface area contributed by atoms with Crippen molar-refractivity contribution >= 4 is 18.4 Å². The Morgan fingerprint density at radius 1 is 1.25 bits per heavy atom. The van der Waals surface area contributed by atoms with E-state index in [-0.39, 0.29) is 24.5 Å². The van der Waals surface area contributed by atoms with Crippen LogP contribution in [0.15, 0.2) is 24.3 Å². The van der Waals surface area contributed by atoms with Crippen LogP contribution in [0, 0.1) is 5.92 Å². The molecule has 4 nitrogen and oxygen atoms in total. The van der Waals surface area contributed by atoms with Crippen molar-refractivity contribution in [2.75, 3.05) is 26.7 Å². The van der Waals surface area contributed by atoms with E-state index in [9.17, 15) is 4.79 Å². The lowest BCUT2D eigenvalue weighted by Crippen LogP contribution is -2.54. The molecule has 1 aromatic carbocycles. The molecule has 132 valence electrons. The lowest BCUT2D eigenvalue weighted by Gasteiger charge is -2.46. The van der Waals surface area contributed by atoms with Gasteiger partial charge in [-0.1, -0.05) is 18.6 Å². The molecular weight excluding hydrogens is 326 g/mol. The number of fused-ring (bicyclic) bond motifs is 3. The van der Waals surface area contributed by atoms with Gasteiger partial charge in [-0.25, -0.2) is 0 Å². The van der Waals surface area contributed by atoms with Gasteiger partial charge in [0.1, 0.15) is 11.9 Å². The van der Waals surface area contributed by atoms with E-state index in [2.05, 4.69) is 4.90 Å². The van der Waals surface area contributed by atoms with E-state index >= 15 is 0 Å². The average Bonchev–Trinajstić information content (AvgIpc) is 2.55. The molecule has 0 N–H and O–H groups in total. The van der Waals surface area contributed by atoms with Crippen LogP contribution in [0.5, 0.6) is 5.75 Å². The summed E-state index contributed by atoms with van der Waals surface area (Å²) in [5, 5.41) is 0. The number of carbonyl (C=O) groups is 1. The Kier molecular flexibility index (Phi) is 5.07. The van der Waals surface area contributed by atoms with Crippen molar-refractivity contribution in [3.8, 4) is 5.75 Å². The van der Waals surface area contributed by atoms with Crippen LogP contribution in [-0.2, 0) is 14.9 Å². The quantitative estimate of drug-likeness (QED) is 0.781. The lowest BCUT2D eigenvalue weighted by molar-refractivity contribution is -0.169. The Hall–Kier alpha value is -1.26. The number of halogens is 1. The van der Waals surface area contributed by atoms with E-state index in [1.54, 1.807) is 7.11 Å². The number of hydrogen-bond donors (Lipinski definition) is 0. The fraction of sp³-hybridized carbons (Fsp3) is 0.632. The zero-order chi connectivity index (χ0) is 15.9. The largest absolute Gasteiger partial charge is 0.497 e. The van der Waals surface area contributed by atoms with Gasteiger partial charge >= 0.3 is 5.97 Å². The number of nitrogens with zero attached hydrogens (tertiary/aromatic N) is 1. The highest BCUT2D eigenvalue weighted by Crippen LogP contribution is 2.46. The summed E-state index contributed by atoms with van der Waals surface area (Å²) in [4.78, 5) is 15.4. The lowest BCUT2D eigenvalue weighted by atomic mass is 9.64. The number of esters is 1. The number of piperidine rings is 3. The maximum Gasteiger partial charge on any atom is 0.316 e. The summed E-state index contributed by atoms with van der Waals surface area (Å²) in [7, 11) is 1.66. The van der Waals surface area contributed by atoms with E-state index < -0.39 is 5.41 Å². The fourth-order valence-electron chi connectivity index (χ4n) is 4.36. The number of rotatable bonds is 4. The molecule has 0 spiro atoms. The van der Waals surface area contributed by atoms with Gasteiger partial charge in [-0.15, -0.1) is 12.4 Å². The summed E-state index contributed by atoms with van der Waals surface area (Å²) in [6, 6.07) is 7.93. The molecule has 1 unspecified atom stereocenters. The van der Waals surface area contributed by atoms with E-state index in [1.165, 1.54) is 25.9 Å². The van der Waals surface area contributed by atoms with Crippen LogP contribution in [0.1, 0.15) is 37.7 Å². The third-order valence-electron chi connectivity index (χ3n) is 6.07. The summed E-state index contributed by atoms with van der Waals surface area (Å²) < 4.78 is 11.4. The van der Waals surface area contributed by atoms with Crippen molar-refractivity contribution in [3.63, 3.8) is 0 Å². The molecule has 3 aliphatic heterocycles. The predicted octanol–water partition coefficient (Wildman–Crippen LogP) is 3.18. The molecule has 0 amide bonds. The maximum atomic E-state index is 13.0. The standard InChI is InChI=1S/C19H25NO3.ClH/c1-22-16-5-2-4-15(12-16)19(8-3-9-19)18(21)23-17-13-20-10-6-14(17)7-11-20;/h2,4-5,12,14,17H,3,6-11,13H2,1H3;1H. The monoisotopic (exact) mass is 351 g/mol. The number of hydrogen-bond acceptors (Lipinski definition) is 4. The topological polar surface area (TPSA) is 38.8 Å². The van der Waals surface area contributed by atoms with E-state index in [4.69, 9.17) is 9.47 Å². The van der Waals surface area contributed by atoms with Crippen molar-refractivity contribution < 1.29 is 14.3 Å². The second kappa shape index (κ2) is 6.93. The summed E-state index contributed by atoms with van der Waals surface area (Å²) >= 11 is 0. The van der Waals surface area contributed by atoms with E-state index in [1.807, 2.05) is 24.3 Å². The molecule has 1 saturated carbocycles. The number of benzene rings is 1. The van der Waals surface area contributed by atoms with E-state index in [0.717, 1.165) is 37.1 Å². The van der Waals surface area contributed by atoms with Crippen LogP contribution in [0.25, 0.3) is 0 Å². The summed E-state index contributed by atoms with van der Waals surface area (Å²) in [5.41, 5.74) is 0.606. The van der Waals surface area contributed by atoms with Gasteiger partial charge in [-0.2, -0.15) is 0 Å². The van der Waals surface area contributed by atoms with Crippen LogP contribution in [0.3, 0.4) is 0 Å². The molecule has 1 aromatic rings. The highest BCUT2D eigenvalue weighted by Gasteiger charge is 2.49. The normalized spacial score (nSPS) is 30.0. The molecule has 5 heteroatoms. The first-order chi connectivity index (χ1) is 11.2. The minimum absolute atomic E-state index is 0. The zero-order valence-electron chi connectivity index (χ0n) is 14.2. The number of ether oxygens (including phenoxy) is 2. The van der Waals surface area contributed by atoms with Crippen LogP contribution in [-0.4, -0.2) is 43.7 Å². The molecule has 0 aromatic heterocycles. The van der Waals surface area contributed by atoms with Crippen LogP contribution < -0.4 is 4.74 Å². The Morgan fingerprint density at radius 2 is 2.00 bits per heavy atom. The SMILES string of the molecule is COc1cccc(C2(C(=O)OC3CN4CCC3CC4)CCC2)c1.Cl. The van der Waals surface area contributed by atoms with Gasteiger partial charge in [0.15, 0.2) is 0 Å². The summed E-state index contributed by atoms with van der Waals surface area (Å²) in [6.07, 6.45) is 5.30. The zero-order valence-corrected chi connectivity index (χ0v) is 15.0. The first kappa shape index (κ1) is 17.6. The molecule has 1 aliphatic carbocycles. The van der Waals surface area contributed by atoms with Crippen LogP contribution in [0.4, 0.5) is 0 Å². The molecule has 4 aliphatic rings. The van der Waals surface area contributed by atoms with Crippen molar-refractivity contribution in [3.05, 3.63) is 29.8 Å². The molecular formula is C19H26ClNO3. The molecule has 1 atom stereocenters. The van der Waals surface area contributed by atoms with Gasteiger partial charge < -0.3 is 9.47 Å². The van der Waals surface area contributed by atoms with Gasteiger partial charge in [-0.3, -0.25) is 9.69 Å². The molecule has 4 fully saturated rings. The van der Waals surface area contributed by atoms with Gasteiger partial charge in [0, 0.05) is 6.54 Å². The molecule has 5 rings (SSSR count). The molecule has 0 radical (unpaired) electrons. The number of carbonyl (C=O) groups excluding carboxylic acids is 1. The fourth-order valence-corrected chi connectivity index (χ4v) is 4.36. The molecule has 24 heavy (non-hydrogen) atoms. The van der Waals surface area contributed by atoms with Gasteiger partial charge in [0.05, 0.1) is 12.5 Å². The maximum absolute atomic E-state index is 13.0. The Balaban J connectivity index is 0.00000169. The average molecular weight is 352 g/mol. The first-order valence-electron chi connectivity index (χ1n) is 8.79. The van der Waals surface area contributed by atoms with Crippen molar-refractivity contribution in [2.24, 2.45) is 5.92 Å². The second-order valence-electron chi connectivity index (χ2n) is 7.25. The van der Waals surface area contributed by atoms with Crippen LogP contribution in [0.2, 0.25) is 0 Å². The van der Waals surface area contributed by atoms with Gasteiger partial charge in [0.2, 0.25) is 0 Å². The van der Waals surface area contributed by atoms with Crippen molar-refractivity contribution in [2.45, 2.75) is 43.6 Å². The molecule has 3 saturated heterocycles. The smallest absolute Gasteiger partial charge is 0.316 e.